The van der Waals surface area contributed by atoms with E-state index in [1.165, 1.54) is 10.9 Å². The van der Waals surface area contributed by atoms with Gasteiger partial charge < -0.3 is 4.57 Å². The molecule has 1 aromatic heterocycles. The molecule has 0 saturated heterocycles. The summed E-state index contributed by atoms with van der Waals surface area (Å²) >= 11 is 9.32. The molecule has 0 aliphatic carbocycles. The highest BCUT2D eigenvalue weighted by Crippen LogP contribution is 2.24. The molecule has 0 spiro atoms. The minimum Gasteiger partial charge on any atom is -0.324 e. The summed E-state index contributed by atoms with van der Waals surface area (Å²) in [5.74, 6) is 0. The number of sulfonamides is 1. The average Bonchev–Trinajstić information content (AvgIpc) is 2.78. The Kier molecular flexibility index (Phi) is 5.08. The van der Waals surface area contributed by atoms with Gasteiger partial charge in [-0.25, -0.2) is 18.1 Å². The third-order valence-electron chi connectivity index (χ3n) is 3.07. The first kappa shape index (κ1) is 16.5. The van der Waals surface area contributed by atoms with Crippen LogP contribution in [0.4, 0.5) is 0 Å². The Balaban J connectivity index is 2.29. The van der Waals surface area contributed by atoms with Gasteiger partial charge in [0.15, 0.2) is 0 Å². The molecule has 8 heteroatoms. The first-order chi connectivity index (χ1) is 9.85. The first-order valence-electron chi connectivity index (χ1n) is 6.29. The topological polar surface area (TPSA) is 64.0 Å². The summed E-state index contributed by atoms with van der Waals surface area (Å²) in [6.07, 6.45) is 1.99. The molecule has 0 saturated carbocycles. The van der Waals surface area contributed by atoms with Crippen molar-refractivity contribution in [3.63, 3.8) is 0 Å². The number of nitrogens with one attached hydrogen (secondary N) is 1. The minimum absolute atomic E-state index is 0.0909. The zero-order chi connectivity index (χ0) is 15.6. The fraction of sp³-hybridized carbons (Fsp3) is 0.308. The molecule has 0 amide bonds. The number of rotatable bonds is 5. The van der Waals surface area contributed by atoms with E-state index in [9.17, 15) is 8.42 Å². The maximum Gasteiger partial charge on any atom is 0.261 e. The van der Waals surface area contributed by atoms with E-state index in [0.717, 1.165) is 10.0 Å². The van der Waals surface area contributed by atoms with Crippen molar-refractivity contribution in [3.05, 3.63) is 45.8 Å². The second-order valence-corrected chi connectivity index (χ2v) is 7.49. The molecule has 114 valence electrons. The van der Waals surface area contributed by atoms with Crippen molar-refractivity contribution < 1.29 is 8.42 Å². The lowest BCUT2D eigenvalue weighted by molar-refractivity contribution is 0.547. The number of imidazole rings is 1. The van der Waals surface area contributed by atoms with Gasteiger partial charge in [-0.3, -0.25) is 0 Å². The Morgan fingerprint density at radius 3 is 2.48 bits per heavy atom. The Bertz CT molecular complexity index is 728. The van der Waals surface area contributed by atoms with Crippen LogP contribution in [0.25, 0.3) is 0 Å². The van der Waals surface area contributed by atoms with Crippen molar-refractivity contribution in [2.75, 3.05) is 0 Å². The van der Waals surface area contributed by atoms with Crippen LogP contribution >= 0.6 is 27.5 Å². The van der Waals surface area contributed by atoms with Gasteiger partial charge >= 0.3 is 0 Å². The summed E-state index contributed by atoms with van der Waals surface area (Å²) in [5.41, 5.74) is 0.885. The number of benzene rings is 1. The highest BCUT2D eigenvalue weighted by molar-refractivity contribution is 9.10. The molecule has 0 bridgehead atoms. The van der Waals surface area contributed by atoms with Crippen molar-refractivity contribution in [2.45, 2.75) is 24.4 Å². The predicted molar refractivity (Wildman–Crippen MR) is 85.7 cm³/mol. The van der Waals surface area contributed by atoms with Crippen LogP contribution < -0.4 is 4.72 Å². The van der Waals surface area contributed by atoms with E-state index >= 15 is 0 Å². The van der Waals surface area contributed by atoms with Crippen LogP contribution in [0.3, 0.4) is 0 Å². The van der Waals surface area contributed by atoms with Gasteiger partial charge in [0, 0.05) is 17.6 Å². The molecule has 2 rings (SSSR count). The Morgan fingerprint density at radius 2 is 2.00 bits per heavy atom. The van der Waals surface area contributed by atoms with E-state index < -0.39 is 10.0 Å². The number of halogens is 2. The van der Waals surface area contributed by atoms with Crippen molar-refractivity contribution in [1.29, 1.82) is 0 Å². The van der Waals surface area contributed by atoms with Crippen molar-refractivity contribution >= 4 is 37.6 Å². The van der Waals surface area contributed by atoms with E-state index in [1.54, 1.807) is 7.05 Å². The van der Waals surface area contributed by atoms with Gasteiger partial charge in [0.2, 0.25) is 5.03 Å². The van der Waals surface area contributed by atoms with Gasteiger partial charge in [0.25, 0.3) is 10.0 Å². The normalized spacial score (nSPS) is 13.3. The predicted octanol–water partition coefficient (Wildman–Crippen LogP) is 3.27. The molecular formula is C13H15BrClN3O2S. The van der Waals surface area contributed by atoms with Crippen LogP contribution in [0.5, 0.6) is 0 Å². The van der Waals surface area contributed by atoms with E-state index in [1.807, 2.05) is 31.2 Å². The van der Waals surface area contributed by atoms with Crippen LogP contribution in [-0.2, 0) is 17.1 Å². The number of aromatic nitrogens is 2. The third kappa shape index (κ3) is 3.66. The zero-order valence-corrected chi connectivity index (χ0v) is 14.7. The van der Waals surface area contributed by atoms with Crippen molar-refractivity contribution in [2.24, 2.45) is 7.05 Å². The number of aryl methyl sites for hydroxylation is 1. The van der Waals surface area contributed by atoms with E-state index in [2.05, 4.69) is 25.6 Å². The molecule has 5 nitrogen and oxygen atoms in total. The van der Waals surface area contributed by atoms with Gasteiger partial charge in [0.1, 0.15) is 5.15 Å². The fourth-order valence-electron chi connectivity index (χ4n) is 1.90. The standard InChI is InChI=1S/C13H15BrClN3O2S/c1-3-11(9-4-6-10(14)7-5-9)17-21(19,20)13-12(15)18(2)8-16-13/h4-8,11,17H,3H2,1-2H3. The van der Waals surface area contributed by atoms with E-state index in [-0.39, 0.29) is 16.2 Å². The van der Waals surface area contributed by atoms with E-state index in [4.69, 9.17) is 11.6 Å². The lowest BCUT2D eigenvalue weighted by Gasteiger charge is -2.17. The van der Waals surface area contributed by atoms with Gasteiger partial charge in [-0.15, -0.1) is 0 Å². The first-order valence-corrected chi connectivity index (χ1v) is 8.95. The molecular weight excluding hydrogens is 378 g/mol. The molecule has 1 aromatic carbocycles. The Labute approximate surface area is 137 Å². The summed E-state index contributed by atoms with van der Waals surface area (Å²) in [4.78, 5) is 3.86. The minimum atomic E-state index is -3.77. The van der Waals surface area contributed by atoms with Gasteiger partial charge in [-0.1, -0.05) is 46.6 Å². The Hall–Kier alpha value is -0.890. The molecule has 2 aromatic rings. The molecule has 0 aliphatic rings. The molecule has 1 heterocycles. The van der Waals surface area contributed by atoms with Gasteiger partial charge in [-0.2, -0.15) is 0 Å². The maximum absolute atomic E-state index is 12.4. The smallest absolute Gasteiger partial charge is 0.261 e. The number of hydrogen-bond acceptors (Lipinski definition) is 3. The summed E-state index contributed by atoms with van der Waals surface area (Å²) in [7, 11) is -2.13. The summed E-state index contributed by atoms with van der Waals surface area (Å²) in [6, 6.07) is 7.17. The summed E-state index contributed by atoms with van der Waals surface area (Å²) in [5, 5.41) is -0.0598. The maximum atomic E-state index is 12.4. The molecule has 0 radical (unpaired) electrons. The molecule has 1 N–H and O–H groups in total. The Morgan fingerprint density at radius 1 is 1.38 bits per heavy atom. The number of hydrogen-bond donors (Lipinski definition) is 1. The van der Waals surface area contributed by atoms with E-state index in [0.29, 0.717) is 6.42 Å². The van der Waals surface area contributed by atoms with Crippen LogP contribution in [0.1, 0.15) is 24.9 Å². The summed E-state index contributed by atoms with van der Waals surface area (Å²) < 4.78 is 29.8. The molecule has 1 unspecified atom stereocenters. The molecule has 1 atom stereocenters. The highest BCUT2D eigenvalue weighted by Gasteiger charge is 2.25. The van der Waals surface area contributed by atoms with Crippen molar-refractivity contribution in [3.8, 4) is 0 Å². The number of nitrogens with zero attached hydrogens (tertiary/aromatic N) is 2. The molecule has 0 aliphatic heterocycles. The molecule has 0 fully saturated rings. The SMILES string of the molecule is CCC(NS(=O)(=O)c1ncn(C)c1Cl)c1ccc(Br)cc1. The second-order valence-electron chi connectivity index (χ2n) is 4.59. The molecule has 21 heavy (non-hydrogen) atoms. The monoisotopic (exact) mass is 391 g/mol. The lowest BCUT2D eigenvalue weighted by Crippen LogP contribution is -2.28. The third-order valence-corrected chi connectivity index (χ3v) is 5.56. The van der Waals surface area contributed by atoms with Crippen LogP contribution in [-0.4, -0.2) is 18.0 Å². The van der Waals surface area contributed by atoms with Crippen LogP contribution in [0, 0.1) is 0 Å². The zero-order valence-electron chi connectivity index (χ0n) is 11.5. The highest BCUT2D eigenvalue weighted by atomic mass is 79.9. The fourth-order valence-corrected chi connectivity index (χ4v) is 3.90. The second kappa shape index (κ2) is 6.48. The lowest BCUT2D eigenvalue weighted by atomic mass is 10.1. The van der Waals surface area contributed by atoms with Gasteiger partial charge in [-0.05, 0) is 24.1 Å². The quantitative estimate of drug-likeness (QED) is 0.849. The van der Waals surface area contributed by atoms with Crippen LogP contribution in [0.2, 0.25) is 5.15 Å². The van der Waals surface area contributed by atoms with Crippen LogP contribution in [0.15, 0.2) is 40.1 Å². The van der Waals surface area contributed by atoms with Gasteiger partial charge in [0.05, 0.1) is 6.33 Å². The average molecular weight is 393 g/mol. The van der Waals surface area contributed by atoms with Crippen molar-refractivity contribution in [1.82, 2.24) is 14.3 Å². The largest absolute Gasteiger partial charge is 0.324 e. The summed E-state index contributed by atoms with van der Waals surface area (Å²) in [6.45, 7) is 1.91.